The molecule has 5 nitrogen and oxygen atoms in total. The molecule has 0 amide bonds. The lowest BCUT2D eigenvalue weighted by molar-refractivity contribution is 0.0887. The minimum absolute atomic E-state index is 0.0774. The van der Waals surface area contributed by atoms with Crippen LogP contribution in [0.3, 0.4) is 0 Å². The standard InChI is InChI=1S/C22H20N2O3/c1-15-18-9-4-5-11-20(18)22(26)24(23-15)13-17(25)14-27-21-12-6-8-16-7-2-3-10-19(16)21/h2-12,17,25H,13-14H2,1H3/t17-/m1/s1. The Morgan fingerprint density at radius 1 is 0.963 bits per heavy atom. The summed E-state index contributed by atoms with van der Waals surface area (Å²) >= 11 is 0. The van der Waals surface area contributed by atoms with Crippen LogP contribution in [0.1, 0.15) is 5.69 Å². The molecule has 0 spiro atoms. The van der Waals surface area contributed by atoms with E-state index in [0.29, 0.717) is 11.1 Å². The number of benzene rings is 3. The first-order chi connectivity index (χ1) is 13.1. The van der Waals surface area contributed by atoms with Crippen molar-refractivity contribution < 1.29 is 9.84 Å². The summed E-state index contributed by atoms with van der Waals surface area (Å²) in [5, 5.41) is 18.2. The van der Waals surface area contributed by atoms with E-state index < -0.39 is 6.10 Å². The van der Waals surface area contributed by atoms with Crippen molar-refractivity contribution in [1.82, 2.24) is 9.78 Å². The molecule has 0 radical (unpaired) electrons. The van der Waals surface area contributed by atoms with Crippen molar-refractivity contribution in [2.45, 2.75) is 19.6 Å². The van der Waals surface area contributed by atoms with Gasteiger partial charge in [-0.2, -0.15) is 5.10 Å². The zero-order valence-corrected chi connectivity index (χ0v) is 15.0. The Balaban J connectivity index is 1.53. The van der Waals surface area contributed by atoms with Gasteiger partial charge in [-0.3, -0.25) is 4.79 Å². The molecule has 4 rings (SSSR count). The molecule has 1 aromatic heterocycles. The Labute approximate surface area is 156 Å². The third-order valence-corrected chi connectivity index (χ3v) is 4.62. The topological polar surface area (TPSA) is 64.3 Å². The fourth-order valence-corrected chi connectivity index (χ4v) is 3.29. The first-order valence-electron chi connectivity index (χ1n) is 8.88. The lowest BCUT2D eigenvalue weighted by atomic mass is 10.1. The van der Waals surface area contributed by atoms with Gasteiger partial charge in [0.2, 0.25) is 0 Å². The van der Waals surface area contributed by atoms with Crippen LogP contribution >= 0.6 is 0 Å². The lowest BCUT2D eigenvalue weighted by Gasteiger charge is -2.15. The van der Waals surface area contributed by atoms with Crippen LogP contribution in [-0.2, 0) is 6.54 Å². The molecule has 0 saturated carbocycles. The van der Waals surface area contributed by atoms with Crippen molar-refractivity contribution in [3.8, 4) is 5.75 Å². The van der Waals surface area contributed by atoms with E-state index in [2.05, 4.69) is 5.10 Å². The molecule has 136 valence electrons. The number of fused-ring (bicyclic) bond motifs is 2. The van der Waals surface area contributed by atoms with Gasteiger partial charge in [0.1, 0.15) is 18.5 Å². The van der Waals surface area contributed by atoms with Crippen LogP contribution < -0.4 is 10.3 Å². The largest absolute Gasteiger partial charge is 0.490 e. The Bertz CT molecular complexity index is 1160. The maximum absolute atomic E-state index is 12.6. The Morgan fingerprint density at radius 2 is 1.63 bits per heavy atom. The highest BCUT2D eigenvalue weighted by atomic mass is 16.5. The van der Waals surface area contributed by atoms with Gasteiger partial charge in [0.25, 0.3) is 5.56 Å². The quantitative estimate of drug-likeness (QED) is 0.593. The Kier molecular flexibility index (Phi) is 4.60. The molecule has 1 heterocycles. The van der Waals surface area contributed by atoms with Gasteiger partial charge in [-0.05, 0) is 24.4 Å². The molecule has 27 heavy (non-hydrogen) atoms. The summed E-state index contributed by atoms with van der Waals surface area (Å²) in [6.07, 6.45) is -0.852. The van der Waals surface area contributed by atoms with Crippen LogP contribution in [0.5, 0.6) is 5.75 Å². The molecule has 1 atom stereocenters. The molecule has 0 aliphatic heterocycles. The predicted molar refractivity (Wildman–Crippen MR) is 106 cm³/mol. The average molecular weight is 360 g/mol. The molecular weight excluding hydrogens is 340 g/mol. The fraction of sp³-hybridized carbons (Fsp3) is 0.182. The first kappa shape index (κ1) is 17.2. The van der Waals surface area contributed by atoms with E-state index in [9.17, 15) is 9.90 Å². The molecule has 4 aromatic rings. The number of aromatic nitrogens is 2. The molecule has 1 N–H and O–H groups in total. The first-order valence-corrected chi connectivity index (χ1v) is 8.88. The van der Waals surface area contributed by atoms with Crippen LogP contribution in [-0.4, -0.2) is 27.6 Å². The van der Waals surface area contributed by atoms with Gasteiger partial charge in [0.05, 0.1) is 17.6 Å². The van der Waals surface area contributed by atoms with Crippen LogP contribution in [0.25, 0.3) is 21.5 Å². The monoisotopic (exact) mass is 360 g/mol. The van der Waals surface area contributed by atoms with E-state index in [1.807, 2.05) is 67.6 Å². The molecule has 5 heteroatoms. The number of aliphatic hydroxyl groups is 1. The van der Waals surface area contributed by atoms with E-state index in [-0.39, 0.29) is 18.7 Å². The summed E-state index contributed by atoms with van der Waals surface area (Å²) in [4.78, 5) is 12.6. The number of nitrogens with zero attached hydrogens (tertiary/aromatic N) is 2. The number of aryl methyl sites for hydroxylation is 1. The molecule has 0 fully saturated rings. The highest BCUT2D eigenvalue weighted by Crippen LogP contribution is 2.25. The zero-order chi connectivity index (χ0) is 18.8. The summed E-state index contributed by atoms with van der Waals surface area (Å²) in [7, 11) is 0. The second-order valence-electron chi connectivity index (χ2n) is 6.56. The van der Waals surface area contributed by atoms with E-state index in [1.54, 1.807) is 6.07 Å². The average Bonchev–Trinajstić information content (AvgIpc) is 2.70. The Morgan fingerprint density at radius 3 is 2.44 bits per heavy atom. The maximum Gasteiger partial charge on any atom is 0.274 e. The predicted octanol–water partition coefficient (Wildman–Crippen LogP) is 3.30. The van der Waals surface area contributed by atoms with E-state index in [1.165, 1.54) is 4.68 Å². The highest BCUT2D eigenvalue weighted by molar-refractivity contribution is 5.88. The summed E-state index contributed by atoms with van der Waals surface area (Å²) in [5.41, 5.74) is 0.549. The van der Waals surface area contributed by atoms with Gasteiger partial charge in [-0.25, -0.2) is 4.68 Å². The lowest BCUT2D eigenvalue weighted by Crippen LogP contribution is -2.32. The SMILES string of the molecule is Cc1nn(C[C@@H](O)COc2cccc3ccccc23)c(=O)c2ccccc12. The molecular formula is C22H20N2O3. The number of ether oxygens (including phenoxy) is 1. The molecule has 0 aliphatic rings. The van der Waals surface area contributed by atoms with Crippen molar-refractivity contribution in [2.75, 3.05) is 6.61 Å². The number of rotatable bonds is 5. The summed E-state index contributed by atoms with van der Waals surface area (Å²) < 4.78 is 7.13. The van der Waals surface area contributed by atoms with Crippen LogP contribution in [0.2, 0.25) is 0 Å². The van der Waals surface area contributed by atoms with Gasteiger partial charge < -0.3 is 9.84 Å². The summed E-state index contributed by atoms with van der Waals surface area (Å²) in [5.74, 6) is 0.710. The molecule has 0 aliphatic carbocycles. The number of aliphatic hydroxyl groups excluding tert-OH is 1. The maximum atomic E-state index is 12.6. The van der Waals surface area contributed by atoms with Crippen molar-refractivity contribution in [3.63, 3.8) is 0 Å². The molecule has 0 bridgehead atoms. The van der Waals surface area contributed by atoms with Crippen molar-refractivity contribution in [3.05, 3.63) is 82.8 Å². The van der Waals surface area contributed by atoms with E-state index in [4.69, 9.17) is 4.74 Å². The molecule has 0 saturated heterocycles. The normalized spacial score (nSPS) is 12.4. The fourth-order valence-electron chi connectivity index (χ4n) is 3.29. The van der Waals surface area contributed by atoms with E-state index >= 15 is 0 Å². The van der Waals surface area contributed by atoms with Crippen molar-refractivity contribution in [2.24, 2.45) is 0 Å². The third-order valence-electron chi connectivity index (χ3n) is 4.62. The summed E-state index contributed by atoms with van der Waals surface area (Å²) in [6.45, 7) is 2.01. The van der Waals surface area contributed by atoms with Gasteiger partial charge in [0, 0.05) is 10.8 Å². The minimum atomic E-state index is -0.852. The highest BCUT2D eigenvalue weighted by Gasteiger charge is 2.13. The number of hydrogen-bond donors (Lipinski definition) is 1. The van der Waals surface area contributed by atoms with Crippen LogP contribution in [0.4, 0.5) is 0 Å². The zero-order valence-electron chi connectivity index (χ0n) is 15.0. The Hall–Kier alpha value is -3.18. The minimum Gasteiger partial charge on any atom is -0.490 e. The van der Waals surface area contributed by atoms with Crippen LogP contribution in [0.15, 0.2) is 71.5 Å². The van der Waals surface area contributed by atoms with Gasteiger partial charge in [-0.1, -0.05) is 54.6 Å². The second kappa shape index (κ2) is 7.21. The molecule has 3 aromatic carbocycles. The van der Waals surface area contributed by atoms with Crippen molar-refractivity contribution in [1.29, 1.82) is 0 Å². The molecule has 0 unspecified atom stereocenters. The van der Waals surface area contributed by atoms with Crippen LogP contribution in [0, 0.1) is 6.92 Å². The van der Waals surface area contributed by atoms with E-state index in [0.717, 1.165) is 21.9 Å². The van der Waals surface area contributed by atoms with Gasteiger partial charge in [-0.15, -0.1) is 0 Å². The second-order valence-corrected chi connectivity index (χ2v) is 6.56. The van der Waals surface area contributed by atoms with Gasteiger partial charge in [0.15, 0.2) is 0 Å². The van der Waals surface area contributed by atoms with Crippen molar-refractivity contribution >= 4 is 21.5 Å². The third kappa shape index (κ3) is 3.41. The summed E-state index contributed by atoms with van der Waals surface area (Å²) in [6, 6.07) is 21.1. The smallest absolute Gasteiger partial charge is 0.274 e. The number of hydrogen-bond acceptors (Lipinski definition) is 4. The van der Waals surface area contributed by atoms with Gasteiger partial charge >= 0.3 is 0 Å².